The molecule has 170 valence electrons. The lowest BCUT2D eigenvalue weighted by Gasteiger charge is -2.12. The summed E-state index contributed by atoms with van der Waals surface area (Å²) in [5.41, 5.74) is 3.92. The SMILES string of the molecule is CN=C(NCCC(=O)Nc1ccc(C)cc1Cl)NCCc1ccc(-n2cccn2)cc1.I. The topological polar surface area (TPSA) is 83.3 Å². The van der Waals surface area contributed by atoms with Crippen molar-refractivity contribution >= 4 is 53.1 Å². The van der Waals surface area contributed by atoms with Crippen molar-refractivity contribution in [2.45, 2.75) is 19.8 Å². The number of guanidine groups is 1. The molecule has 0 aliphatic rings. The number of amides is 1. The van der Waals surface area contributed by atoms with Gasteiger partial charge in [-0.05, 0) is 54.8 Å². The molecule has 1 aromatic heterocycles. The van der Waals surface area contributed by atoms with Crippen LogP contribution in [0.25, 0.3) is 5.69 Å². The Kier molecular flexibility index (Phi) is 10.5. The maximum atomic E-state index is 12.2. The van der Waals surface area contributed by atoms with E-state index in [1.165, 1.54) is 5.56 Å². The number of nitrogens with zero attached hydrogens (tertiary/aromatic N) is 3. The molecular formula is C23H28ClIN6O. The van der Waals surface area contributed by atoms with Crippen LogP contribution in [0.3, 0.4) is 0 Å². The van der Waals surface area contributed by atoms with E-state index in [0.29, 0.717) is 29.6 Å². The number of hydrogen-bond acceptors (Lipinski definition) is 3. The molecule has 3 rings (SSSR count). The van der Waals surface area contributed by atoms with E-state index in [1.807, 2.05) is 54.2 Å². The first kappa shape index (κ1) is 25.7. The average Bonchev–Trinajstić information content (AvgIpc) is 3.30. The van der Waals surface area contributed by atoms with E-state index in [-0.39, 0.29) is 29.9 Å². The van der Waals surface area contributed by atoms with Gasteiger partial charge in [-0.3, -0.25) is 9.79 Å². The van der Waals surface area contributed by atoms with Gasteiger partial charge in [-0.15, -0.1) is 24.0 Å². The summed E-state index contributed by atoms with van der Waals surface area (Å²) < 4.78 is 1.83. The molecule has 0 atom stereocenters. The van der Waals surface area contributed by atoms with Crippen LogP contribution in [0.1, 0.15) is 17.5 Å². The van der Waals surface area contributed by atoms with Crippen molar-refractivity contribution in [1.82, 2.24) is 20.4 Å². The molecule has 2 aromatic carbocycles. The summed E-state index contributed by atoms with van der Waals surface area (Å²) in [5, 5.41) is 14.0. The van der Waals surface area contributed by atoms with E-state index in [9.17, 15) is 4.79 Å². The van der Waals surface area contributed by atoms with Gasteiger partial charge in [0.05, 0.1) is 16.4 Å². The van der Waals surface area contributed by atoms with E-state index in [2.05, 4.69) is 38.2 Å². The minimum absolute atomic E-state index is 0. The number of hydrogen-bond donors (Lipinski definition) is 3. The van der Waals surface area contributed by atoms with Crippen molar-refractivity contribution in [2.24, 2.45) is 4.99 Å². The van der Waals surface area contributed by atoms with Crippen molar-refractivity contribution in [1.29, 1.82) is 0 Å². The van der Waals surface area contributed by atoms with Gasteiger partial charge in [0.2, 0.25) is 5.91 Å². The molecule has 0 unspecified atom stereocenters. The Bertz CT molecular complexity index is 1020. The third-order valence-corrected chi connectivity index (χ3v) is 4.99. The highest BCUT2D eigenvalue weighted by Gasteiger charge is 2.07. The standard InChI is InChI=1S/C23H27ClN6O.HI/c1-17-4-9-21(20(24)16-17)29-22(31)11-14-27-23(25-2)26-13-10-18-5-7-19(8-6-18)30-15-3-12-28-30;/h3-9,12,15-16H,10-11,13-14H2,1-2H3,(H,29,31)(H2,25,26,27);1H. The molecule has 0 aliphatic carbocycles. The summed E-state index contributed by atoms with van der Waals surface area (Å²) in [7, 11) is 1.71. The van der Waals surface area contributed by atoms with Crippen LogP contribution >= 0.6 is 35.6 Å². The van der Waals surface area contributed by atoms with Crippen molar-refractivity contribution in [2.75, 3.05) is 25.5 Å². The molecular weight excluding hydrogens is 539 g/mol. The van der Waals surface area contributed by atoms with Crippen LogP contribution in [0.4, 0.5) is 5.69 Å². The Morgan fingerprint density at radius 1 is 1.12 bits per heavy atom. The van der Waals surface area contributed by atoms with Gasteiger partial charge in [-0.1, -0.05) is 29.8 Å². The smallest absolute Gasteiger partial charge is 0.226 e. The molecule has 1 amide bonds. The Labute approximate surface area is 210 Å². The minimum atomic E-state index is -0.106. The average molecular weight is 567 g/mol. The number of nitrogens with one attached hydrogen (secondary N) is 3. The van der Waals surface area contributed by atoms with E-state index >= 15 is 0 Å². The summed E-state index contributed by atoms with van der Waals surface area (Å²) >= 11 is 6.16. The number of aryl methyl sites for hydroxylation is 1. The number of carbonyl (C=O) groups is 1. The first-order chi connectivity index (χ1) is 15.0. The lowest BCUT2D eigenvalue weighted by atomic mass is 10.1. The Hall–Kier alpha value is -2.59. The molecule has 0 radical (unpaired) electrons. The van der Waals surface area contributed by atoms with Gasteiger partial charge in [0.15, 0.2) is 5.96 Å². The Morgan fingerprint density at radius 3 is 2.53 bits per heavy atom. The summed E-state index contributed by atoms with van der Waals surface area (Å²) in [4.78, 5) is 16.4. The van der Waals surface area contributed by atoms with Crippen LogP contribution < -0.4 is 16.0 Å². The van der Waals surface area contributed by atoms with Gasteiger partial charge in [0.25, 0.3) is 0 Å². The number of aliphatic imine (C=N–C) groups is 1. The molecule has 7 nitrogen and oxygen atoms in total. The van der Waals surface area contributed by atoms with Gasteiger partial charge in [-0.2, -0.15) is 5.10 Å². The third kappa shape index (κ3) is 7.83. The number of benzene rings is 2. The molecule has 3 N–H and O–H groups in total. The molecule has 0 saturated carbocycles. The summed E-state index contributed by atoms with van der Waals surface area (Å²) in [6.07, 6.45) is 4.84. The van der Waals surface area contributed by atoms with E-state index in [0.717, 1.165) is 24.2 Å². The number of aromatic nitrogens is 2. The zero-order valence-corrected chi connectivity index (χ0v) is 21.2. The fourth-order valence-electron chi connectivity index (χ4n) is 3.01. The highest BCUT2D eigenvalue weighted by Crippen LogP contribution is 2.22. The molecule has 0 bridgehead atoms. The van der Waals surface area contributed by atoms with E-state index in [4.69, 9.17) is 11.6 Å². The molecule has 1 heterocycles. The van der Waals surface area contributed by atoms with Gasteiger partial charge in [-0.25, -0.2) is 4.68 Å². The van der Waals surface area contributed by atoms with Crippen LogP contribution in [0.15, 0.2) is 65.9 Å². The first-order valence-corrected chi connectivity index (χ1v) is 10.5. The zero-order chi connectivity index (χ0) is 22.1. The largest absolute Gasteiger partial charge is 0.356 e. The van der Waals surface area contributed by atoms with Gasteiger partial charge in [0, 0.05) is 39.0 Å². The molecule has 0 saturated heterocycles. The monoisotopic (exact) mass is 566 g/mol. The fraction of sp³-hybridized carbons (Fsp3) is 0.261. The van der Waals surface area contributed by atoms with Crippen LogP contribution in [-0.4, -0.2) is 41.8 Å². The van der Waals surface area contributed by atoms with Crippen molar-refractivity contribution in [3.63, 3.8) is 0 Å². The predicted octanol–water partition coefficient (Wildman–Crippen LogP) is 4.19. The second-order valence-corrected chi connectivity index (χ2v) is 7.48. The highest BCUT2D eigenvalue weighted by molar-refractivity contribution is 14.0. The molecule has 32 heavy (non-hydrogen) atoms. The number of rotatable bonds is 8. The van der Waals surface area contributed by atoms with E-state index < -0.39 is 0 Å². The van der Waals surface area contributed by atoms with Crippen LogP contribution in [0, 0.1) is 6.92 Å². The highest BCUT2D eigenvalue weighted by atomic mass is 127. The maximum absolute atomic E-state index is 12.2. The molecule has 9 heteroatoms. The molecule has 0 aliphatic heterocycles. The minimum Gasteiger partial charge on any atom is -0.356 e. The van der Waals surface area contributed by atoms with E-state index in [1.54, 1.807) is 13.2 Å². The first-order valence-electron chi connectivity index (χ1n) is 10.1. The second kappa shape index (κ2) is 13.1. The van der Waals surface area contributed by atoms with Crippen LogP contribution in [0.5, 0.6) is 0 Å². The Morgan fingerprint density at radius 2 is 1.88 bits per heavy atom. The summed E-state index contributed by atoms with van der Waals surface area (Å²) in [6, 6.07) is 15.7. The normalized spacial score (nSPS) is 10.9. The molecule has 3 aromatic rings. The lowest BCUT2D eigenvalue weighted by Crippen LogP contribution is -2.39. The summed E-state index contributed by atoms with van der Waals surface area (Å²) in [5.74, 6) is 0.556. The lowest BCUT2D eigenvalue weighted by molar-refractivity contribution is -0.116. The number of anilines is 1. The van der Waals surface area contributed by atoms with Crippen LogP contribution in [-0.2, 0) is 11.2 Å². The van der Waals surface area contributed by atoms with Crippen molar-refractivity contribution < 1.29 is 4.79 Å². The molecule has 0 fully saturated rings. The molecule has 0 spiro atoms. The number of carbonyl (C=O) groups excluding carboxylic acids is 1. The van der Waals surface area contributed by atoms with Gasteiger partial charge in [0.1, 0.15) is 0 Å². The maximum Gasteiger partial charge on any atom is 0.226 e. The quantitative estimate of drug-likeness (QED) is 0.217. The Balaban J connectivity index is 0.00000363. The van der Waals surface area contributed by atoms with Crippen molar-refractivity contribution in [3.05, 3.63) is 77.1 Å². The van der Waals surface area contributed by atoms with Crippen LogP contribution in [0.2, 0.25) is 5.02 Å². The zero-order valence-electron chi connectivity index (χ0n) is 18.1. The second-order valence-electron chi connectivity index (χ2n) is 7.07. The third-order valence-electron chi connectivity index (χ3n) is 4.68. The van der Waals surface area contributed by atoms with Gasteiger partial charge < -0.3 is 16.0 Å². The predicted molar refractivity (Wildman–Crippen MR) is 141 cm³/mol. The fourth-order valence-corrected chi connectivity index (χ4v) is 3.29. The van der Waals surface area contributed by atoms with Gasteiger partial charge >= 0.3 is 0 Å². The number of halogens is 2. The summed E-state index contributed by atoms with van der Waals surface area (Å²) in [6.45, 7) is 3.15. The van der Waals surface area contributed by atoms with Crippen molar-refractivity contribution in [3.8, 4) is 5.69 Å².